The molecule has 0 saturated carbocycles. The van der Waals surface area contributed by atoms with E-state index in [1.165, 1.54) is 11.1 Å². The van der Waals surface area contributed by atoms with Gasteiger partial charge in [0.05, 0.1) is 17.6 Å². The molecule has 3 aromatic rings. The third-order valence-electron chi connectivity index (χ3n) is 5.39. The van der Waals surface area contributed by atoms with Gasteiger partial charge in [0.1, 0.15) is 18.2 Å². The Hall–Kier alpha value is -2.82. The molecule has 0 aliphatic heterocycles. The van der Waals surface area contributed by atoms with Crippen LogP contribution >= 0.6 is 0 Å². The van der Waals surface area contributed by atoms with Crippen molar-refractivity contribution in [2.45, 2.75) is 65.8 Å². The highest BCUT2D eigenvalue weighted by Gasteiger charge is 2.10. The van der Waals surface area contributed by atoms with E-state index in [1.807, 2.05) is 13.0 Å². The number of hydrogen-bond donors (Lipinski definition) is 1. The molecular formula is C26H35N3O2. The van der Waals surface area contributed by atoms with Crippen LogP contribution in [-0.2, 0) is 17.8 Å². The number of fused-ring (bicyclic) bond motifs is 1. The first-order chi connectivity index (χ1) is 15.1. The van der Waals surface area contributed by atoms with Crippen LogP contribution in [0.15, 0.2) is 42.5 Å². The van der Waals surface area contributed by atoms with Gasteiger partial charge in [-0.1, -0.05) is 31.5 Å². The number of nitrogens with zero attached hydrogens (tertiary/aromatic N) is 2. The smallest absolute Gasteiger partial charge is 0.219 e. The second kappa shape index (κ2) is 11.5. The largest absolute Gasteiger partial charge is 0.492 e. The lowest BCUT2D eigenvalue weighted by atomic mass is 10.1. The van der Waals surface area contributed by atoms with Gasteiger partial charge in [0.2, 0.25) is 5.91 Å². The molecule has 0 bridgehead atoms. The van der Waals surface area contributed by atoms with Crippen molar-refractivity contribution in [3.05, 3.63) is 59.4 Å². The molecule has 0 aliphatic rings. The molecule has 0 unspecified atom stereocenters. The minimum atomic E-state index is 0.160. The number of hydrogen-bond acceptors (Lipinski definition) is 3. The van der Waals surface area contributed by atoms with Crippen LogP contribution in [0.4, 0.5) is 0 Å². The predicted octanol–water partition coefficient (Wildman–Crippen LogP) is 5.36. The summed E-state index contributed by atoms with van der Waals surface area (Å²) in [7, 11) is 0. The van der Waals surface area contributed by atoms with Gasteiger partial charge in [0.15, 0.2) is 0 Å². The molecule has 5 heteroatoms. The fourth-order valence-corrected chi connectivity index (χ4v) is 3.96. The van der Waals surface area contributed by atoms with Crippen molar-refractivity contribution in [1.82, 2.24) is 14.9 Å². The molecule has 1 heterocycles. The Balaban J connectivity index is 1.55. The van der Waals surface area contributed by atoms with Gasteiger partial charge < -0.3 is 14.6 Å². The summed E-state index contributed by atoms with van der Waals surface area (Å²) in [6.07, 6.45) is 5.59. The number of imidazole rings is 1. The van der Waals surface area contributed by atoms with Crippen molar-refractivity contribution in [2.24, 2.45) is 0 Å². The summed E-state index contributed by atoms with van der Waals surface area (Å²) in [6.45, 7) is 8.36. The van der Waals surface area contributed by atoms with Crippen LogP contribution in [0.3, 0.4) is 0 Å². The molecule has 166 valence electrons. The number of carbonyl (C=O) groups excluding carboxylic acids is 1. The zero-order valence-corrected chi connectivity index (χ0v) is 19.1. The van der Waals surface area contributed by atoms with Crippen molar-refractivity contribution in [2.75, 3.05) is 13.2 Å². The first kappa shape index (κ1) is 22.9. The maximum atomic E-state index is 11.5. The molecule has 0 radical (unpaired) electrons. The summed E-state index contributed by atoms with van der Waals surface area (Å²) in [5, 5.41) is 2.99. The monoisotopic (exact) mass is 421 g/mol. The van der Waals surface area contributed by atoms with E-state index in [0.29, 0.717) is 13.0 Å². The number of carbonyl (C=O) groups is 1. The second-order valence-corrected chi connectivity index (χ2v) is 8.25. The summed E-state index contributed by atoms with van der Waals surface area (Å²) in [5.41, 5.74) is 4.63. The quantitative estimate of drug-likeness (QED) is 0.401. The lowest BCUT2D eigenvalue weighted by Gasteiger charge is -2.12. The van der Waals surface area contributed by atoms with Gasteiger partial charge in [-0.3, -0.25) is 4.79 Å². The van der Waals surface area contributed by atoms with E-state index in [9.17, 15) is 4.79 Å². The number of unbranched alkanes of at least 4 members (excludes halogenated alkanes) is 2. The summed E-state index contributed by atoms with van der Waals surface area (Å²) in [5.74, 6) is 2.20. The minimum Gasteiger partial charge on any atom is -0.492 e. The van der Waals surface area contributed by atoms with Crippen molar-refractivity contribution < 1.29 is 9.53 Å². The van der Waals surface area contributed by atoms with E-state index in [2.05, 4.69) is 60.1 Å². The summed E-state index contributed by atoms with van der Waals surface area (Å²) < 4.78 is 8.35. The molecular weight excluding hydrogens is 386 g/mol. The van der Waals surface area contributed by atoms with Crippen LogP contribution in [0.1, 0.15) is 56.0 Å². The molecule has 0 saturated heterocycles. The SMILES string of the molecule is CCCC(=O)NCCCCCc1nc2ccccc2n1CCOc1cc(C)cc(C)c1. The third kappa shape index (κ3) is 6.84. The van der Waals surface area contributed by atoms with E-state index in [0.717, 1.165) is 67.8 Å². The molecule has 0 aliphatic carbocycles. The van der Waals surface area contributed by atoms with E-state index in [-0.39, 0.29) is 5.91 Å². The van der Waals surface area contributed by atoms with Crippen molar-refractivity contribution in [3.63, 3.8) is 0 Å². The van der Waals surface area contributed by atoms with Gasteiger partial charge in [0, 0.05) is 19.4 Å². The lowest BCUT2D eigenvalue weighted by Crippen LogP contribution is -2.23. The Morgan fingerprint density at radius 1 is 1.06 bits per heavy atom. The van der Waals surface area contributed by atoms with Gasteiger partial charge in [0.25, 0.3) is 0 Å². The Bertz CT molecular complexity index is 973. The maximum Gasteiger partial charge on any atom is 0.219 e. The summed E-state index contributed by atoms with van der Waals surface area (Å²) in [6, 6.07) is 14.6. The van der Waals surface area contributed by atoms with Gasteiger partial charge in [-0.25, -0.2) is 4.98 Å². The van der Waals surface area contributed by atoms with Crippen molar-refractivity contribution >= 4 is 16.9 Å². The topological polar surface area (TPSA) is 56.2 Å². The number of rotatable bonds is 12. The number of nitrogens with one attached hydrogen (secondary N) is 1. The Labute approximate surface area is 185 Å². The highest BCUT2D eigenvalue weighted by Crippen LogP contribution is 2.19. The third-order valence-corrected chi connectivity index (χ3v) is 5.39. The molecule has 3 rings (SSSR count). The normalized spacial score (nSPS) is 11.1. The minimum absolute atomic E-state index is 0.160. The van der Waals surface area contributed by atoms with Crippen LogP contribution in [0.25, 0.3) is 11.0 Å². The number of para-hydroxylation sites is 2. The zero-order valence-electron chi connectivity index (χ0n) is 19.1. The average molecular weight is 422 g/mol. The molecule has 2 aromatic carbocycles. The predicted molar refractivity (Wildman–Crippen MR) is 127 cm³/mol. The van der Waals surface area contributed by atoms with Crippen LogP contribution in [0, 0.1) is 13.8 Å². The van der Waals surface area contributed by atoms with Crippen LogP contribution in [0.5, 0.6) is 5.75 Å². The van der Waals surface area contributed by atoms with E-state index >= 15 is 0 Å². The molecule has 0 atom stereocenters. The number of ether oxygens (including phenoxy) is 1. The fourth-order valence-electron chi connectivity index (χ4n) is 3.96. The van der Waals surface area contributed by atoms with Gasteiger partial charge >= 0.3 is 0 Å². The van der Waals surface area contributed by atoms with Crippen LogP contribution in [-0.4, -0.2) is 28.6 Å². The number of benzene rings is 2. The van der Waals surface area contributed by atoms with Crippen molar-refractivity contribution in [1.29, 1.82) is 0 Å². The van der Waals surface area contributed by atoms with E-state index in [4.69, 9.17) is 9.72 Å². The van der Waals surface area contributed by atoms with Gasteiger partial charge in [-0.2, -0.15) is 0 Å². The maximum absolute atomic E-state index is 11.5. The fraction of sp³-hybridized carbons (Fsp3) is 0.462. The highest BCUT2D eigenvalue weighted by molar-refractivity contribution is 5.76. The first-order valence-electron chi connectivity index (χ1n) is 11.5. The van der Waals surface area contributed by atoms with E-state index in [1.54, 1.807) is 0 Å². The van der Waals surface area contributed by atoms with Crippen LogP contribution in [0.2, 0.25) is 0 Å². The Kier molecular flexibility index (Phi) is 8.51. The molecule has 1 aromatic heterocycles. The molecule has 0 fully saturated rings. The van der Waals surface area contributed by atoms with Gasteiger partial charge in [-0.05, 0) is 68.5 Å². The van der Waals surface area contributed by atoms with Crippen molar-refractivity contribution in [3.8, 4) is 5.75 Å². The first-order valence-corrected chi connectivity index (χ1v) is 11.5. The molecule has 31 heavy (non-hydrogen) atoms. The number of aromatic nitrogens is 2. The molecule has 1 N–H and O–H groups in total. The highest BCUT2D eigenvalue weighted by atomic mass is 16.5. The average Bonchev–Trinajstić information content (AvgIpc) is 3.08. The van der Waals surface area contributed by atoms with Gasteiger partial charge in [-0.15, -0.1) is 0 Å². The Morgan fingerprint density at radius 3 is 2.61 bits per heavy atom. The van der Waals surface area contributed by atoms with Crippen LogP contribution < -0.4 is 10.1 Å². The molecule has 1 amide bonds. The standard InChI is InChI=1S/C26H35N3O2/c1-4-10-26(30)27-14-9-5-6-13-25-28-23-11-7-8-12-24(23)29(25)15-16-31-22-18-20(2)17-21(3)19-22/h7-8,11-12,17-19H,4-6,9-10,13-16H2,1-3H3,(H,27,30). The molecule has 5 nitrogen and oxygen atoms in total. The summed E-state index contributed by atoms with van der Waals surface area (Å²) in [4.78, 5) is 16.4. The Morgan fingerprint density at radius 2 is 1.84 bits per heavy atom. The lowest BCUT2D eigenvalue weighted by molar-refractivity contribution is -0.121. The van der Waals surface area contributed by atoms with E-state index < -0.39 is 0 Å². The number of amides is 1. The number of aryl methyl sites for hydroxylation is 3. The summed E-state index contributed by atoms with van der Waals surface area (Å²) >= 11 is 0. The molecule has 0 spiro atoms. The zero-order chi connectivity index (χ0) is 22.1. The second-order valence-electron chi connectivity index (χ2n) is 8.25.